The number of carboxylic acid groups (broad SMARTS) is 1. The maximum absolute atomic E-state index is 14.1. The van der Waals surface area contributed by atoms with Gasteiger partial charge in [0.2, 0.25) is 10.0 Å². The lowest BCUT2D eigenvalue weighted by Crippen LogP contribution is -2.58. The number of aliphatic carboxylic acids is 1. The van der Waals surface area contributed by atoms with Crippen LogP contribution in [0.5, 0.6) is 0 Å². The number of rotatable bonds is 4. The van der Waals surface area contributed by atoms with Crippen LogP contribution >= 0.6 is 0 Å². The average Bonchev–Trinajstić information content (AvgIpc) is 3.16. The van der Waals surface area contributed by atoms with Gasteiger partial charge in [-0.2, -0.15) is 17.5 Å². The third-order valence-corrected chi connectivity index (χ3v) is 8.78. The van der Waals surface area contributed by atoms with E-state index in [9.17, 15) is 40.3 Å². The summed E-state index contributed by atoms with van der Waals surface area (Å²) in [6, 6.07) is 4.53. The Morgan fingerprint density at radius 1 is 1.03 bits per heavy atom. The van der Waals surface area contributed by atoms with Crippen molar-refractivity contribution in [3.05, 3.63) is 58.7 Å². The van der Waals surface area contributed by atoms with Crippen LogP contribution in [0.4, 0.5) is 27.6 Å². The van der Waals surface area contributed by atoms with E-state index in [1.165, 1.54) is 15.3 Å². The molecule has 1 aliphatic carbocycles. The van der Waals surface area contributed by atoms with Crippen molar-refractivity contribution in [1.82, 2.24) is 4.31 Å². The molecular weight excluding hydrogens is 495 g/mol. The number of anilines is 1. The molecule has 35 heavy (non-hydrogen) atoms. The molecule has 0 aromatic heterocycles. The van der Waals surface area contributed by atoms with Crippen LogP contribution in [0, 0.1) is 17.6 Å². The van der Waals surface area contributed by atoms with Crippen LogP contribution in [-0.2, 0) is 33.8 Å². The summed E-state index contributed by atoms with van der Waals surface area (Å²) >= 11 is 0. The van der Waals surface area contributed by atoms with Gasteiger partial charge in [0.05, 0.1) is 10.8 Å². The molecule has 1 heterocycles. The van der Waals surface area contributed by atoms with Gasteiger partial charge in [-0.1, -0.05) is 12.1 Å². The van der Waals surface area contributed by atoms with E-state index in [2.05, 4.69) is 0 Å². The molecule has 4 rings (SSSR count). The Morgan fingerprint density at radius 2 is 1.60 bits per heavy atom. The van der Waals surface area contributed by atoms with E-state index in [4.69, 9.17) is 0 Å². The summed E-state index contributed by atoms with van der Waals surface area (Å²) in [5.41, 5.74) is -0.962. The summed E-state index contributed by atoms with van der Waals surface area (Å²) in [7, 11) is -4.07. The van der Waals surface area contributed by atoms with Gasteiger partial charge < -0.3 is 10.0 Å². The fraction of sp³-hybridized carbons (Fsp3) is 0.435. The van der Waals surface area contributed by atoms with Crippen molar-refractivity contribution < 1.29 is 40.3 Å². The lowest BCUT2D eigenvalue weighted by atomic mass is 10.1. The summed E-state index contributed by atoms with van der Waals surface area (Å²) in [4.78, 5) is 12.9. The molecule has 1 N–H and O–H groups in total. The second-order valence-electron chi connectivity index (χ2n) is 9.06. The van der Waals surface area contributed by atoms with Crippen LogP contribution in [-0.4, -0.2) is 49.0 Å². The average molecular weight is 519 g/mol. The second kappa shape index (κ2) is 8.74. The molecule has 190 valence electrons. The Balaban J connectivity index is 1.63. The van der Waals surface area contributed by atoms with Crippen LogP contribution in [0.25, 0.3) is 0 Å². The van der Waals surface area contributed by atoms with E-state index in [1.54, 1.807) is 26.0 Å². The predicted octanol–water partition coefficient (Wildman–Crippen LogP) is 4.07. The summed E-state index contributed by atoms with van der Waals surface area (Å²) < 4.78 is 95.6. The molecule has 0 bridgehead atoms. The van der Waals surface area contributed by atoms with Crippen molar-refractivity contribution in [1.29, 1.82) is 0 Å². The van der Waals surface area contributed by atoms with Gasteiger partial charge in [0.15, 0.2) is 0 Å². The molecule has 0 spiro atoms. The van der Waals surface area contributed by atoms with Gasteiger partial charge in [-0.3, -0.25) is 4.79 Å². The van der Waals surface area contributed by atoms with E-state index < -0.39 is 57.4 Å². The number of carbonyl (C=O) groups is 1. The maximum Gasteiger partial charge on any atom is 0.422 e. The lowest BCUT2D eigenvalue weighted by Gasteiger charge is -2.44. The molecule has 3 atom stereocenters. The van der Waals surface area contributed by atoms with Gasteiger partial charge in [-0.05, 0) is 56.0 Å². The smallest absolute Gasteiger partial charge is 0.422 e. The molecule has 2 aliphatic rings. The van der Waals surface area contributed by atoms with Gasteiger partial charge in [0, 0.05) is 30.9 Å². The fourth-order valence-corrected chi connectivity index (χ4v) is 7.24. The number of carboxylic acids is 1. The Hall–Kier alpha value is -2.73. The highest BCUT2D eigenvalue weighted by atomic mass is 32.2. The highest BCUT2D eigenvalue weighted by Crippen LogP contribution is 2.38. The number of fused-ring (bicyclic) bond motifs is 1. The Kier molecular flexibility index (Phi) is 6.33. The molecule has 0 amide bonds. The summed E-state index contributed by atoms with van der Waals surface area (Å²) in [5.74, 6) is -5.19. The van der Waals surface area contributed by atoms with Crippen LogP contribution in [0.15, 0.2) is 35.2 Å². The molecule has 0 saturated carbocycles. The standard InChI is InChI=1S/C23H23F5N2O4S/c1-12-10-29(16-8-18(24)21(19(25)9-16)23(26,27)28)11-13(2)30(12)35(33,34)20-5-3-4-14-6-15(22(31)32)7-17(14)20/h3-5,8-9,12-13,15H,6-7,10-11H2,1-2H3,(H,31,32)/t12-,13+,15?. The number of benzene rings is 2. The van der Waals surface area contributed by atoms with E-state index in [0.29, 0.717) is 23.3 Å². The Labute approximate surface area is 199 Å². The number of hydrogen-bond acceptors (Lipinski definition) is 4. The van der Waals surface area contributed by atoms with Crippen LogP contribution < -0.4 is 4.90 Å². The Morgan fingerprint density at radius 3 is 2.11 bits per heavy atom. The zero-order valence-corrected chi connectivity index (χ0v) is 19.6. The molecule has 1 saturated heterocycles. The zero-order valence-electron chi connectivity index (χ0n) is 18.8. The van der Waals surface area contributed by atoms with Crippen molar-refractivity contribution in [2.75, 3.05) is 18.0 Å². The summed E-state index contributed by atoms with van der Waals surface area (Å²) in [6.45, 7) is 3.17. The number of sulfonamides is 1. The molecule has 1 unspecified atom stereocenters. The first-order valence-corrected chi connectivity index (χ1v) is 12.3. The van der Waals surface area contributed by atoms with Gasteiger partial charge in [0.25, 0.3) is 0 Å². The monoisotopic (exact) mass is 518 g/mol. The van der Waals surface area contributed by atoms with E-state index >= 15 is 0 Å². The topological polar surface area (TPSA) is 77.9 Å². The second-order valence-corrected chi connectivity index (χ2v) is 10.9. The third kappa shape index (κ3) is 4.49. The third-order valence-electron chi connectivity index (χ3n) is 6.57. The molecular formula is C23H23F5N2O4S. The fourth-order valence-electron chi connectivity index (χ4n) is 5.15. The van der Waals surface area contributed by atoms with Crippen molar-refractivity contribution in [3.8, 4) is 0 Å². The van der Waals surface area contributed by atoms with Gasteiger partial charge in [-0.15, -0.1) is 0 Å². The quantitative estimate of drug-likeness (QED) is 0.618. The maximum atomic E-state index is 14.1. The molecule has 1 fully saturated rings. The summed E-state index contributed by atoms with van der Waals surface area (Å²) in [5, 5.41) is 9.37. The largest absolute Gasteiger partial charge is 0.481 e. The molecule has 12 heteroatoms. The van der Waals surface area contributed by atoms with Gasteiger partial charge in [0.1, 0.15) is 17.2 Å². The van der Waals surface area contributed by atoms with E-state index in [1.807, 2.05) is 0 Å². The van der Waals surface area contributed by atoms with Crippen LogP contribution in [0.2, 0.25) is 0 Å². The van der Waals surface area contributed by atoms with Crippen molar-refractivity contribution >= 4 is 21.7 Å². The van der Waals surface area contributed by atoms with Crippen molar-refractivity contribution in [3.63, 3.8) is 0 Å². The minimum Gasteiger partial charge on any atom is -0.481 e. The predicted molar refractivity (Wildman–Crippen MR) is 116 cm³/mol. The van der Waals surface area contributed by atoms with Gasteiger partial charge in [-0.25, -0.2) is 17.2 Å². The van der Waals surface area contributed by atoms with Crippen molar-refractivity contribution in [2.45, 2.75) is 49.8 Å². The number of hydrogen-bond donors (Lipinski definition) is 1. The lowest BCUT2D eigenvalue weighted by molar-refractivity contribution is -0.143. The highest BCUT2D eigenvalue weighted by Gasteiger charge is 2.42. The minimum absolute atomic E-state index is 0.0133. The number of halogens is 5. The molecule has 6 nitrogen and oxygen atoms in total. The number of alkyl halides is 3. The SMILES string of the molecule is C[C@@H]1CN(c2cc(F)c(C(F)(F)F)c(F)c2)C[C@H](C)N1S(=O)(=O)c1cccc2c1CC(C(=O)O)C2. The zero-order chi connectivity index (χ0) is 25.9. The van der Waals surface area contributed by atoms with Gasteiger partial charge >= 0.3 is 12.1 Å². The van der Waals surface area contributed by atoms with Crippen LogP contribution in [0.1, 0.15) is 30.5 Å². The molecule has 0 radical (unpaired) electrons. The molecule has 1 aliphatic heterocycles. The first-order valence-electron chi connectivity index (χ1n) is 10.9. The number of nitrogens with zero attached hydrogens (tertiary/aromatic N) is 2. The molecule has 2 aromatic rings. The molecule has 2 aromatic carbocycles. The summed E-state index contributed by atoms with van der Waals surface area (Å²) in [6.07, 6.45) is -4.86. The minimum atomic E-state index is -5.18. The van der Waals surface area contributed by atoms with E-state index in [-0.39, 0.29) is 36.5 Å². The number of piperazine rings is 1. The highest BCUT2D eigenvalue weighted by molar-refractivity contribution is 7.89. The first-order chi connectivity index (χ1) is 16.2. The van der Waals surface area contributed by atoms with Crippen LogP contribution in [0.3, 0.4) is 0 Å². The van der Waals surface area contributed by atoms with E-state index in [0.717, 1.165) is 0 Å². The Bertz CT molecular complexity index is 1250. The van der Waals surface area contributed by atoms with Crippen molar-refractivity contribution in [2.24, 2.45) is 5.92 Å². The first kappa shape index (κ1) is 25.4. The normalized spacial score (nSPS) is 23.4.